The minimum absolute atomic E-state index is 0.117. The lowest BCUT2D eigenvalue weighted by atomic mass is 9.98. The van der Waals surface area contributed by atoms with E-state index >= 15 is 0 Å². The first-order chi connectivity index (χ1) is 16.7. The predicted molar refractivity (Wildman–Crippen MR) is 122 cm³/mol. The van der Waals surface area contributed by atoms with Gasteiger partial charge in [0.25, 0.3) is 5.56 Å². The summed E-state index contributed by atoms with van der Waals surface area (Å²) in [6, 6.07) is 11.2. The number of H-pyrrole nitrogens is 1. The molecule has 1 aliphatic heterocycles. The molecule has 2 heterocycles. The molecule has 3 aromatic rings. The molecular weight excluding hydrogens is 460 g/mol. The first-order valence-electron chi connectivity index (χ1n) is 10.8. The van der Waals surface area contributed by atoms with Crippen molar-refractivity contribution in [3.8, 4) is 0 Å². The highest BCUT2D eigenvalue weighted by Gasteiger charge is 2.50. The van der Waals surface area contributed by atoms with E-state index in [1.807, 2.05) is 47.4 Å². The fourth-order valence-electron chi connectivity index (χ4n) is 4.16. The molecule has 0 radical (unpaired) electrons. The molecule has 0 saturated carbocycles. The molecule has 4 rings (SSSR count). The zero-order valence-corrected chi connectivity index (χ0v) is 18.3. The van der Waals surface area contributed by atoms with Gasteiger partial charge in [-0.15, -0.1) is 0 Å². The molecule has 12 heteroatoms. The zero-order valence-electron chi connectivity index (χ0n) is 18.3. The Labute approximate surface area is 197 Å². The van der Waals surface area contributed by atoms with Crippen molar-refractivity contribution in [1.82, 2.24) is 14.9 Å². The summed E-state index contributed by atoms with van der Waals surface area (Å²) in [4.78, 5) is 50.1. The number of hydrogen-bond donors (Lipinski definition) is 6. The van der Waals surface area contributed by atoms with Crippen LogP contribution in [0.15, 0.2) is 64.3 Å². The number of aromatic nitrogens is 2. The van der Waals surface area contributed by atoms with Gasteiger partial charge in [-0.2, -0.15) is 0 Å². The van der Waals surface area contributed by atoms with E-state index in [1.165, 1.54) is 0 Å². The van der Waals surface area contributed by atoms with Crippen LogP contribution in [0, 0.1) is 0 Å². The first-order valence-corrected chi connectivity index (χ1v) is 10.8. The summed E-state index contributed by atoms with van der Waals surface area (Å²) in [5.41, 5.74) is 5.24. The van der Waals surface area contributed by atoms with Crippen LogP contribution in [0.3, 0.4) is 0 Å². The van der Waals surface area contributed by atoms with Crippen LogP contribution in [-0.4, -0.2) is 67.1 Å². The van der Waals surface area contributed by atoms with Crippen molar-refractivity contribution in [2.24, 2.45) is 5.73 Å². The molecule has 0 unspecified atom stereocenters. The predicted octanol–water partition coefficient (Wildman–Crippen LogP) is -1.55. The van der Waals surface area contributed by atoms with Crippen molar-refractivity contribution in [3.63, 3.8) is 0 Å². The number of nitrogens with one attached hydrogen (secondary N) is 2. The molecule has 0 bridgehead atoms. The van der Waals surface area contributed by atoms with Crippen LogP contribution in [0.4, 0.5) is 0 Å². The summed E-state index contributed by atoms with van der Waals surface area (Å²) < 4.78 is 6.29. The quantitative estimate of drug-likeness (QED) is 0.230. The number of aliphatic hydroxyl groups is 2. The van der Waals surface area contributed by atoms with Gasteiger partial charge in [-0.25, -0.2) is 9.59 Å². The van der Waals surface area contributed by atoms with Gasteiger partial charge in [0.05, 0.1) is 6.04 Å². The van der Waals surface area contributed by atoms with Crippen LogP contribution in [0.1, 0.15) is 11.8 Å². The number of aromatic amines is 1. The van der Waals surface area contributed by atoms with Crippen LogP contribution in [0.2, 0.25) is 0 Å². The van der Waals surface area contributed by atoms with E-state index in [2.05, 4.69) is 5.32 Å². The Kier molecular flexibility index (Phi) is 6.80. The van der Waals surface area contributed by atoms with E-state index in [-0.39, 0.29) is 6.42 Å². The van der Waals surface area contributed by atoms with Crippen molar-refractivity contribution in [1.29, 1.82) is 0 Å². The number of carboxylic acids is 1. The molecule has 1 aromatic heterocycles. The lowest BCUT2D eigenvalue weighted by Crippen LogP contribution is -2.56. The van der Waals surface area contributed by atoms with Crippen molar-refractivity contribution in [2.45, 2.75) is 43.0 Å². The Bertz CT molecular complexity index is 1360. The van der Waals surface area contributed by atoms with Crippen LogP contribution in [0.25, 0.3) is 10.8 Å². The molecule has 1 saturated heterocycles. The fraction of sp³-hybridized carbons (Fsp3) is 0.304. The number of hydrogen-bond acceptors (Lipinski definition) is 8. The van der Waals surface area contributed by atoms with E-state index in [1.54, 1.807) is 0 Å². The number of ether oxygens (including phenoxy) is 1. The first kappa shape index (κ1) is 24.3. The third-order valence-electron chi connectivity index (χ3n) is 5.95. The number of benzene rings is 2. The molecule has 1 amide bonds. The lowest BCUT2D eigenvalue weighted by molar-refractivity contribution is -0.149. The molecule has 2 aromatic carbocycles. The number of aliphatic carboxylic acids is 1. The molecule has 1 fully saturated rings. The second-order valence-corrected chi connectivity index (χ2v) is 8.26. The Morgan fingerprint density at radius 1 is 1.09 bits per heavy atom. The zero-order chi connectivity index (χ0) is 25.3. The second-order valence-electron chi connectivity index (χ2n) is 8.26. The Morgan fingerprint density at radius 3 is 2.51 bits per heavy atom. The second kappa shape index (κ2) is 9.80. The normalized spacial score (nSPS) is 23.6. The third-order valence-corrected chi connectivity index (χ3v) is 5.95. The lowest BCUT2D eigenvalue weighted by Gasteiger charge is -2.24. The van der Waals surface area contributed by atoms with Crippen molar-refractivity contribution in [3.05, 3.63) is 81.1 Å². The molecule has 0 aliphatic carbocycles. The highest BCUT2D eigenvalue weighted by atomic mass is 16.6. The van der Waals surface area contributed by atoms with Crippen LogP contribution >= 0.6 is 0 Å². The SMILES string of the molecule is N[C@@H](Cc1cccc2ccccc12)C(=O)N[C@H](C(=O)O)[C@H]1O[C@@H](n2ccc(=O)[nH]c2=O)[C@H](O)[C@@H]1O. The molecular formula is C23H24N4O8. The Morgan fingerprint density at radius 2 is 1.80 bits per heavy atom. The topological polar surface area (TPSA) is 197 Å². The van der Waals surface area contributed by atoms with E-state index in [4.69, 9.17) is 10.5 Å². The number of nitrogens with two attached hydrogens (primary N) is 1. The number of carbonyl (C=O) groups is 2. The van der Waals surface area contributed by atoms with Gasteiger partial charge in [-0.05, 0) is 22.8 Å². The molecule has 7 N–H and O–H groups in total. The number of rotatable bonds is 7. The third kappa shape index (κ3) is 4.86. The summed E-state index contributed by atoms with van der Waals surface area (Å²) in [5.74, 6) is -2.35. The van der Waals surface area contributed by atoms with Gasteiger partial charge < -0.3 is 31.1 Å². The van der Waals surface area contributed by atoms with Gasteiger partial charge in [0.15, 0.2) is 12.3 Å². The van der Waals surface area contributed by atoms with Crippen LogP contribution in [-0.2, 0) is 20.7 Å². The number of amides is 1. The highest BCUT2D eigenvalue weighted by Crippen LogP contribution is 2.30. The molecule has 184 valence electrons. The van der Waals surface area contributed by atoms with E-state index < -0.39 is 59.7 Å². The van der Waals surface area contributed by atoms with Gasteiger partial charge in [0, 0.05) is 12.3 Å². The van der Waals surface area contributed by atoms with Gasteiger partial charge in [0.2, 0.25) is 5.91 Å². The van der Waals surface area contributed by atoms with Gasteiger partial charge in [-0.1, -0.05) is 42.5 Å². The standard InChI is InChI=1S/C23H24N4O8/c24-14(10-12-6-3-5-11-4-1-2-7-13(11)12)20(31)26-16(22(32)33)19-17(29)18(30)21(35-19)27-9-8-15(28)25-23(27)34/h1-9,14,16-19,21,29-30H,10,24H2,(H,26,31)(H,32,33)(H,25,28,34)/t14-,16-,17-,18+,19+,21+/m0/s1. The van der Waals surface area contributed by atoms with E-state index in [9.17, 15) is 34.5 Å². The minimum atomic E-state index is -1.78. The number of carboxylic acid groups (broad SMARTS) is 1. The largest absolute Gasteiger partial charge is 0.480 e. The maximum atomic E-state index is 12.8. The maximum Gasteiger partial charge on any atom is 0.330 e. The number of fused-ring (bicyclic) bond motifs is 1. The van der Waals surface area contributed by atoms with Gasteiger partial charge >= 0.3 is 11.7 Å². The fourth-order valence-corrected chi connectivity index (χ4v) is 4.16. The molecule has 12 nitrogen and oxygen atoms in total. The number of aliphatic hydroxyl groups excluding tert-OH is 2. The smallest absolute Gasteiger partial charge is 0.330 e. The summed E-state index contributed by atoms with van der Waals surface area (Å²) in [6.07, 6.45) is -5.44. The van der Waals surface area contributed by atoms with Crippen molar-refractivity contribution < 1.29 is 29.6 Å². The summed E-state index contributed by atoms with van der Waals surface area (Å²) >= 11 is 0. The average molecular weight is 484 g/mol. The summed E-state index contributed by atoms with van der Waals surface area (Å²) in [6.45, 7) is 0. The van der Waals surface area contributed by atoms with E-state index in [0.29, 0.717) is 0 Å². The Hall–Kier alpha value is -3.84. The Balaban J connectivity index is 1.51. The molecule has 1 aliphatic rings. The number of carbonyl (C=O) groups excluding carboxylic acids is 1. The average Bonchev–Trinajstić information content (AvgIpc) is 3.11. The molecule has 6 atom stereocenters. The van der Waals surface area contributed by atoms with Crippen LogP contribution < -0.4 is 22.3 Å². The molecule has 0 spiro atoms. The minimum Gasteiger partial charge on any atom is -0.480 e. The van der Waals surface area contributed by atoms with E-state index in [0.717, 1.165) is 33.2 Å². The number of nitrogens with zero attached hydrogens (tertiary/aromatic N) is 1. The van der Waals surface area contributed by atoms with Crippen molar-refractivity contribution >= 4 is 22.6 Å². The molecule has 35 heavy (non-hydrogen) atoms. The highest BCUT2D eigenvalue weighted by molar-refractivity contribution is 5.89. The van der Waals surface area contributed by atoms with Gasteiger partial charge in [0.1, 0.15) is 18.3 Å². The van der Waals surface area contributed by atoms with Gasteiger partial charge in [-0.3, -0.25) is 19.1 Å². The maximum absolute atomic E-state index is 12.8. The monoisotopic (exact) mass is 484 g/mol. The van der Waals surface area contributed by atoms with Crippen molar-refractivity contribution in [2.75, 3.05) is 0 Å². The van der Waals surface area contributed by atoms with Crippen LogP contribution in [0.5, 0.6) is 0 Å². The summed E-state index contributed by atoms with van der Waals surface area (Å²) in [5, 5.41) is 34.7. The summed E-state index contributed by atoms with van der Waals surface area (Å²) in [7, 11) is 0.